The monoisotopic (exact) mass is 363 g/mol. The van der Waals surface area contributed by atoms with Gasteiger partial charge in [-0.25, -0.2) is 8.42 Å². The summed E-state index contributed by atoms with van der Waals surface area (Å²) in [6.07, 6.45) is -5.65. The average Bonchev–Trinajstić information content (AvgIpc) is 2.32. The van der Waals surface area contributed by atoms with Gasteiger partial charge in [0.15, 0.2) is 0 Å². The van der Waals surface area contributed by atoms with E-state index in [9.17, 15) is 26.4 Å². The number of carbonyl (C=O) groups excluding carboxylic acids is 1. The lowest BCUT2D eigenvalue weighted by molar-refractivity contribution is -0.136. The lowest BCUT2D eigenvalue weighted by Crippen LogP contribution is -2.31. The Morgan fingerprint density at radius 1 is 1.33 bits per heavy atom. The lowest BCUT2D eigenvalue weighted by atomic mass is 10.2. The summed E-state index contributed by atoms with van der Waals surface area (Å²) in [6.45, 7) is -0.630. The molecule has 0 atom stereocenters. The molecule has 0 saturated heterocycles. The number of carbonyl (C=O) groups is 1. The first kappa shape index (κ1) is 18.1. The van der Waals surface area contributed by atoms with Gasteiger partial charge in [-0.3, -0.25) is 4.79 Å². The zero-order valence-corrected chi connectivity index (χ0v) is 12.9. The maximum absolute atomic E-state index is 12.1. The zero-order valence-electron chi connectivity index (χ0n) is 10.6. The molecule has 1 amide bonds. The quantitative estimate of drug-likeness (QED) is 0.771. The van der Waals surface area contributed by atoms with Crippen molar-refractivity contribution < 1.29 is 26.4 Å². The zero-order chi connectivity index (χ0) is 16.4. The van der Waals surface area contributed by atoms with E-state index in [1.807, 2.05) is 0 Å². The minimum absolute atomic E-state index is 0.208. The van der Waals surface area contributed by atoms with Gasteiger partial charge in [-0.15, -0.1) is 0 Å². The van der Waals surface area contributed by atoms with Gasteiger partial charge in [0.1, 0.15) is 0 Å². The van der Waals surface area contributed by atoms with Gasteiger partial charge in [0.2, 0.25) is 0 Å². The second-order valence-electron chi connectivity index (χ2n) is 4.14. The van der Waals surface area contributed by atoms with Gasteiger partial charge in [-0.2, -0.15) is 13.2 Å². The largest absolute Gasteiger partial charge is 0.390 e. The second kappa shape index (κ2) is 6.41. The summed E-state index contributed by atoms with van der Waals surface area (Å²) in [5, 5.41) is -0.208. The smallest absolute Gasteiger partial charge is 0.341 e. The molecule has 0 aromatic heterocycles. The Kier molecular flexibility index (Phi) is 5.51. The predicted molar refractivity (Wildman–Crippen MR) is 72.1 cm³/mol. The summed E-state index contributed by atoms with van der Waals surface area (Å²) in [7, 11) is 2.05. The van der Waals surface area contributed by atoms with E-state index in [0.717, 1.165) is 18.0 Å². The molecule has 0 radical (unpaired) electrons. The van der Waals surface area contributed by atoms with Crippen LogP contribution in [0.25, 0.3) is 0 Å². The van der Waals surface area contributed by atoms with Gasteiger partial charge in [-0.05, 0) is 12.1 Å². The van der Waals surface area contributed by atoms with Crippen molar-refractivity contribution in [1.82, 2.24) is 4.90 Å². The number of halogens is 5. The fourth-order valence-electron chi connectivity index (χ4n) is 1.50. The van der Waals surface area contributed by atoms with Crippen molar-refractivity contribution in [2.24, 2.45) is 0 Å². The van der Waals surface area contributed by atoms with Gasteiger partial charge in [0, 0.05) is 24.3 Å². The Labute approximate surface area is 128 Å². The molecule has 0 aliphatic heterocycles. The molecule has 0 aliphatic rings. The SMILES string of the molecule is CN(CCC(F)(F)F)C(=O)c1c(Cl)cccc1S(=O)(=O)Cl. The van der Waals surface area contributed by atoms with E-state index < -0.39 is 44.6 Å². The molecule has 0 spiro atoms. The van der Waals surface area contributed by atoms with Crippen molar-refractivity contribution in [2.75, 3.05) is 13.6 Å². The van der Waals surface area contributed by atoms with Gasteiger partial charge in [0.25, 0.3) is 15.0 Å². The first-order valence-electron chi connectivity index (χ1n) is 5.49. The first-order valence-corrected chi connectivity index (χ1v) is 8.17. The van der Waals surface area contributed by atoms with Gasteiger partial charge in [-0.1, -0.05) is 17.7 Å². The van der Waals surface area contributed by atoms with Crippen LogP contribution in [0.15, 0.2) is 23.1 Å². The fraction of sp³-hybridized carbons (Fsp3) is 0.364. The summed E-state index contributed by atoms with van der Waals surface area (Å²) < 4.78 is 59.3. The normalized spacial score (nSPS) is 12.3. The summed E-state index contributed by atoms with van der Waals surface area (Å²) in [6, 6.07) is 3.57. The highest BCUT2D eigenvalue weighted by atomic mass is 35.7. The van der Waals surface area contributed by atoms with Gasteiger partial charge in [0.05, 0.1) is 21.9 Å². The third kappa shape index (κ3) is 5.05. The molecule has 0 fully saturated rings. The van der Waals surface area contributed by atoms with E-state index in [0.29, 0.717) is 0 Å². The Balaban J connectivity index is 3.13. The van der Waals surface area contributed by atoms with E-state index in [4.69, 9.17) is 22.3 Å². The van der Waals surface area contributed by atoms with Crippen LogP contribution in [-0.4, -0.2) is 39.0 Å². The molecule has 10 heteroatoms. The van der Waals surface area contributed by atoms with Crippen molar-refractivity contribution in [2.45, 2.75) is 17.5 Å². The van der Waals surface area contributed by atoms with Crippen LogP contribution >= 0.6 is 22.3 Å². The first-order chi connectivity index (χ1) is 9.43. The number of benzene rings is 1. The van der Waals surface area contributed by atoms with Crippen molar-refractivity contribution >= 4 is 37.2 Å². The van der Waals surface area contributed by atoms with Crippen LogP contribution in [0.1, 0.15) is 16.8 Å². The Morgan fingerprint density at radius 3 is 2.38 bits per heavy atom. The van der Waals surface area contributed by atoms with Crippen molar-refractivity contribution in [3.63, 3.8) is 0 Å². The van der Waals surface area contributed by atoms with E-state index in [1.54, 1.807) is 0 Å². The molecule has 0 unspecified atom stereocenters. The molecule has 118 valence electrons. The molecular weight excluding hydrogens is 354 g/mol. The molecule has 1 aromatic carbocycles. The summed E-state index contributed by atoms with van der Waals surface area (Å²) in [4.78, 5) is 12.3. The molecule has 0 bridgehead atoms. The second-order valence-corrected chi connectivity index (χ2v) is 7.08. The van der Waals surface area contributed by atoms with Crippen molar-refractivity contribution in [3.8, 4) is 0 Å². The molecule has 0 heterocycles. The van der Waals surface area contributed by atoms with Gasteiger partial charge >= 0.3 is 6.18 Å². The maximum Gasteiger partial charge on any atom is 0.390 e. The van der Waals surface area contributed by atoms with E-state index in [2.05, 4.69) is 0 Å². The molecule has 4 nitrogen and oxygen atoms in total. The van der Waals surface area contributed by atoms with Gasteiger partial charge < -0.3 is 4.90 Å². The highest BCUT2D eigenvalue weighted by Crippen LogP contribution is 2.28. The number of hydrogen-bond acceptors (Lipinski definition) is 3. The molecule has 1 aromatic rings. The van der Waals surface area contributed by atoms with E-state index in [1.165, 1.54) is 12.1 Å². The van der Waals surface area contributed by atoms with Crippen LogP contribution in [0.5, 0.6) is 0 Å². The molecule has 1 rings (SSSR count). The minimum atomic E-state index is -4.43. The highest BCUT2D eigenvalue weighted by molar-refractivity contribution is 8.13. The Morgan fingerprint density at radius 2 is 1.90 bits per heavy atom. The lowest BCUT2D eigenvalue weighted by Gasteiger charge is -2.19. The van der Waals surface area contributed by atoms with E-state index >= 15 is 0 Å². The topological polar surface area (TPSA) is 54.5 Å². The van der Waals surface area contributed by atoms with Crippen LogP contribution in [0.2, 0.25) is 5.02 Å². The molecule has 21 heavy (non-hydrogen) atoms. The number of alkyl halides is 3. The maximum atomic E-state index is 12.1. The average molecular weight is 364 g/mol. The van der Waals surface area contributed by atoms with Crippen LogP contribution in [0.4, 0.5) is 13.2 Å². The van der Waals surface area contributed by atoms with Crippen molar-refractivity contribution in [1.29, 1.82) is 0 Å². The van der Waals surface area contributed by atoms with Crippen LogP contribution < -0.4 is 0 Å². The van der Waals surface area contributed by atoms with Crippen molar-refractivity contribution in [3.05, 3.63) is 28.8 Å². The number of hydrogen-bond donors (Lipinski definition) is 0. The standard InChI is InChI=1S/C11H10Cl2F3NO3S/c1-17(6-5-11(14,15)16)10(18)9-7(12)3-2-4-8(9)21(13,19)20/h2-4H,5-6H2,1H3. The molecular formula is C11H10Cl2F3NO3S. The Bertz CT molecular complexity index is 647. The minimum Gasteiger partial charge on any atom is -0.341 e. The van der Waals surface area contributed by atoms with Crippen LogP contribution in [0, 0.1) is 0 Å². The van der Waals surface area contributed by atoms with E-state index in [-0.39, 0.29) is 5.02 Å². The summed E-state index contributed by atoms with van der Waals surface area (Å²) in [5.41, 5.74) is -0.446. The van der Waals surface area contributed by atoms with Crippen LogP contribution in [0.3, 0.4) is 0 Å². The number of amides is 1. The molecule has 0 aliphatic carbocycles. The fourth-order valence-corrected chi connectivity index (χ4v) is 2.88. The molecule has 0 N–H and O–H groups in total. The number of rotatable bonds is 4. The highest BCUT2D eigenvalue weighted by Gasteiger charge is 2.30. The molecule has 0 saturated carbocycles. The Hall–Kier alpha value is -0.990. The van der Waals surface area contributed by atoms with Crippen LogP contribution in [-0.2, 0) is 9.05 Å². The third-order valence-corrected chi connectivity index (χ3v) is 4.21. The summed E-state index contributed by atoms with van der Waals surface area (Å²) in [5.74, 6) is -0.955. The number of nitrogens with zero attached hydrogens (tertiary/aromatic N) is 1. The third-order valence-electron chi connectivity index (χ3n) is 2.53. The predicted octanol–water partition coefficient (Wildman–Crippen LogP) is 3.29. The summed E-state index contributed by atoms with van der Waals surface area (Å²) >= 11 is 5.77.